The molecular weight excluding hydrogens is 709 g/mol. The van der Waals surface area contributed by atoms with Gasteiger partial charge in [0.2, 0.25) is 11.8 Å². The van der Waals surface area contributed by atoms with Gasteiger partial charge in [-0.05, 0) is 59.8 Å². The molecule has 5 aromatic rings. The predicted octanol–water partition coefficient (Wildman–Crippen LogP) is 6.77. The van der Waals surface area contributed by atoms with Crippen LogP contribution in [0.25, 0.3) is 33.6 Å². The zero-order valence-electron chi connectivity index (χ0n) is 32.5. The first kappa shape index (κ1) is 38.2. The van der Waals surface area contributed by atoms with Crippen LogP contribution in [0.2, 0.25) is 0 Å². The highest BCUT2D eigenvalue weighted by Crippen LogP contribution is 2.35. The zero-order valence-corrected chi connectivity index (χ0v) is 32.5. The summed E-state index contributed by atoms with van der Waals surface area (Å²) in [6.45, 7) is 9.17. The summed E-state index contributed by atoms with van der Waals surface area (Å²) in [6.07, 6.45) is 11.3. The van der Waals surface area contributed by atoms with Crippen LogP contribution >= 0.6 is 0 Å². The second-order valence-electron chi connectivity index (χ2n) is 15.2. The number of alkyl carbamates (subject to hydrolysis) is 1. The molecule has 2 aliphatic rings. The van der Waals surface area contributed by atoms with E-state index in [4.69, 9.17) is 9.72 Å². The minimum absolute atomic E-state index is 0.0474. The highest BCUT2D eigenvalue weighted by atomic mass is 16.5. The molecule has 2 fully saturated rings. The van der Waals surface area contributed by atoms with E-state index in [9.17, 15) is 14.4 Å². The van der Waals surface area contributed by atoms with Gasteiger partial charge < -0.3 is 35.1 Å². The number of hydrogen-bond donors (Lipinski definition) is 4. The van der Waals surface area contributed by atoms with Crippen molar-refractivity contribution in [1.29, 1.82) is 0 Å². The lowest BCUT2D eigenvalue weighted by Gasteiger charge is -2.30. The second kappa shape index (κ2) is 16.8. The number of nitrogens with one attached hydrogen (secondary N) is 4. The molecule has 7 rings (SSSR count). The van der Waals surface area contributed by atoms with Crippen molar-refractivity contribution in [2.45, 2.75) is 77.5 Å². The molecule has 0 aliphatic carbocycles. The lowest BCUT2D eigenvalue weighted by Crippen LogP contribution is -2.51. The third kappa shape index (κ3) is 8.14. The van der Waals surface area contributed by atoms with Crippen molar-refractivity contribution in [3.63, 3.8) is 0 Å². The molecule has 3 aromatic heterocycles. The Morgan fingerprint density at radius 1 is 0.679 bits per heavy atom. The average molecular weight is 759 g/mol. The Morgan fingerprint density at radius 2 is 1.12 bits per heavy atom. The molecule has 0 bridgehead atoms. The number of imidazole rings is 2. The Kier molecular flexibility index (Phi) is 11.4. The Bertz CT molecular complexity index is 2110. The lowest BCUT2D eigenvalue weighted by molar-refractivity contribution is -0.135. The molecule has 14 nitrogen and oxygen atoms in total. The first-order valence-corrected chi connectivity index (χ1v) is 19.4. The monoisotopic (exact) mass is 758 g/mol. The number of aromatic nitrogens is 6. The number of carbonyl (C=O) groups is 3. The number of anilines is 1. The maximum absolute atomic E-state index is 13.8. The van der Waals surface area contributed by atoms with E-state index in [1.54, 1.807) is 12.4 Å². The quantitative estimate of drug-likeness (QED) is 0.107. The molecule has 4 atom stereocenters. The third-order valence-electron chi connectivity index (χ3n) is 10.8. The number of H-pyrrole nitrogens is 2. The van der Waals surface area contributed by atoms with E-state index in [2.05, 4.69) is 84.1 Å². The summed E-state index contributed by atoms with van der Waals surface area (Å²) in [4.78, 5) is 67.6. The van der Waals surface area contributed by atoms with E-state index in [0.717, 1.165) is 76.7 Å². The number of benzene rings is 2. The van der Waals surface area contributed by atoms with Gasteiger partial charge in [0, 0.05) is 13.1 Å². The van der Waals surface area contributed by atoms with Gasteiger partial charge in [0.25, 0.3) is 0 Å². The molecular formula is C42H50N10O4. The van der Waals surface area contributed by atoms with Crippen molar-refractivity contribution in [2.24, 2.45) is 11.8 Å². The standard InChI is InChI=1S/C42H50N10O4/c1-25(2)36(47-31-20-43-24-44-21-31)40(53)51-18-6-8-34(51)38-45-22-32(48-38)29-14-10-27(11-15-29)28-12-16-30(17-13-28)33-23-46-39(49-33)35-9-7-19-52(35)41(54)37(26(3)4)50-42(55)56-5/h10-17,20-26,34-37,47H,6-9,18-19H2,1-5H3,(H,45,48)(H,46,49)(H,50,55)/t34-,35-,36-,37-/m0/s1. The van der Waals surface area contributed by atoms with Gasteiger partial charge >= 0.3 is 6.09 Å². The summed E-state index contributed by atoms with van der Waals surface area (Å²) in [7, 11) is 1.29. The molecule has 0 radical (unpaired) electrons. The maximum Gasteiger partial charge on any atom is 0.407 e. The Morgan fingerprint density at radius 3 is 1.57 bits per heavy atom. The second-order valence-corrected chi connectivity index (χ2v) is 15.2. The van der Waals surface area contributed by atoms with Crippen LogP contribution in [0.3, 0.4) is 0 Å². The Balaban J connectivity index is 0.997. The largest absolute Gasteiger partial charge is 0.453 e. The smallest absolute Gasteiger partial charge is 0.407 e. The SMILES string of the molecule is COC(=O)N[C@H](C(=O)N1CCC[C@H]1c1ncc(-c2ccc(-c3ccc(-c4cnc([C@@H]5CCCN5C(=O)[C@@H](Nc5cncnc5)C(C)C)[nH]4)cc3)cc2)[nH]1)C(C)C. The normalized spacial score (nSPS) is 18.0. The first-order valence-electron chi connectivity index (χ1n) is 19.4. The van der Waals surface area contributed by atoms with Gasteiger partial charge in [0.15, 0.2) is 0 Å². The molecule has 14 heteroatoms. The minimum Gasteiger partial charge on any atom is -0.453 e. The lowest BCUT2D eigenvalue weighted by atomic mass is 10.0. The molecule has 56 heavy (non-hydrogen) atoms. The molecule has 2 aliphatic heterocycles. The number of hydrogen-bond acceptors (Lipinski definition) is 9. The van der Waals surface area contributed by atoms with Crippen LogP contribution < -0.4 is 10.6 Å². The molecule has 5 heterocycles. The summed E-state index contributed by atoms with van der Waals surface area (Å²) in [5.74, 6) is 1.41. The molecule has 292 valence electrons. The minimum atomic E-state index is -0.681. The van der Waals surface area contributed by atoms with E-state index in [1.165, 1.54) is 13.4 Å². The molecule has 3 amide bonds. The highest BCUT2D eigenvalue weighted by molar-refractivity contribution is 5.87. The number of aromatic amines is 2. The number of ether oxygens (including phenoxy) is 1. The van der Waals surface area contributed by atoms with Crippen LogP contribution in [0.1, 0.15) is 77.1 Å². The first-order chi connectivity index (χ1) is 27.1. The summed E-state index contributed by atoms with van der Waals surface area (Å²) < 4.78 is 4.76. The summed E-state index contributed by atoms with van der Waals surface area (Å²) in [5.41, 5.74) is 6.64. The van der Waals surface area contributed by atoms with Crippen molar-refractivity contribution in [2.75, 3.05) is 25.5 Å². The number of carbonyl (C=O) groups excluding carboxylic acids is 3. The van der Waals surface area contributed by atoms with Gasteiger partial charge in [-0.3, -0.25) is 9.59 Å². The molecule has 2 saturated heterocycles. The topological polar surface area (TPSA) is 174 Å². The van der Waals surface area contributed by atoms with Gasteiger partial charge in [0.1, 0.15) is 30.1 Å². The number of amides is 3. The molecule has 4 N–H and O–H groups in total. The predicted molar refractivity (Wildman–Crippen MR) is 213 cm³/mol. The molecule has 0 unspecified atom stereocenters. The third-order valence-corrected chi connectivity index (χ3v) is 10.8. The van der Waals surface area contributed by atoms with Crippen molar-refractivity contribution in [1.82, 2.24) is 45.0 Å². The van der Waals surface area contributed by atoms with Crippen molar-refractivity contribution in [3.05, 3.63) is 91.3 Å². The van der Waals surface area contributed by atoms with Crippen molar-refractivity contribution < 1.29 is 19.1 Å². The van der Waals surface area contributed by atoms with E-state index in [0.29, 0.717) is 13.1 Å². The van der Waals surface area contributed by atoms with Crippen molar-refractivity contribution in [3.8, 4) is 33.6 Å². The number of likely N-dealkylation sites (tertiary alicyclic amines) is 2. The van der Waals surface area contributed by atoms with E-state index in [-0.39, 0.29) is 35.7 Å². The van der Waals surface area contributed by atoms with Gasteiger partial charge in [-0.15, -0.1) is 0 Å². The fourth-order valence-corrected chi connectivity index (χ4v) is 7.74. The van der Waals surface area contributed by atoms with Crippen LogP contribution in [-0.4, -0.2) is 89.9 Å². The fourth-order valence-electron chi connectivity index (χ4n) is 7.74. The van der Waals surface area contributed by atoms with E-state index >= 15 is 0 Å². The average Bonchev–Trinajstić information content (AvgIpc) is 4.06. The van der Waals surface area contributed by atoms with Crippen molar-refractivity contribution >= 4 is 23.6 Å². The Labute approximate surface area is 326 Å². The maximum atomic E-state index is 13.8. The van der Waals surface area contributed by atoms with Gasteiger partial charge in [-0.2, -0.15) is 0 Å². The summed E-state index contributed by atoms with van der Waals surface area (Å²) >= 11 is 0. The van der Waals surface area contributed by atoms with E-state index < -0.39 is 18.2 Å². The number of rotatable bonds is 12. The number of methoxy groups -OCH3 is 1. The summed E-state index contributed by atoms with van der Waals surface area (Å²) in [6, 6.07) is 15.3. The highest BCUT2D eigenvalue weighted by Gasteiger charge is 2.38. The van der Waals surface area contributed by atoms with Gasteiger partial charge in [0.05, 0.1) is 61.1 Å². The van der Waals surface area contributed by atoms with Crippen LogP contribution in [-0.2, 0) is 14.3 Å². The zero-order chi connectivity index (χ0) is 39.3. The molecule has 2 aromatic carbocycles. The molecule has 0 saturated carbocycles. The van der Waals surface area contributed by atoms with Gasteiger partial charge in [-0.25, -0.2) is 24.7 Å². The fraction of sp³-hybridized carbons (Fsp3) is 0.405. The van der Waals surface area contributed by atoms with Gasteiger partial charge in [-0.1, -0.05) is 76.2 Å². The number of nitrogens with zero attached hydrogens (tertiary/aromatic N) is 6. The Hall–Kier alpha value is -6.05. The van der Waals surface area contributed by atoms with Crippen LogP contribution in [0, 0.1) is 11.8 Å². The van der Waals surface area contributed by atoms with Crippen LogP contribution in [0.15, 0.2) is 79.6 Å². The molecule has 0 spiro atoms. The van der Waals surface area contributed by atoms with Crippen LogP contribution in [0.5, 0.6) is 0 Å². The van der Waals surface area contributed by atoms with E-state index in [1.807, 2.05) is 49.9 Å². The summed E-state index contributed by atoms with van der Waals surface area (Å²) in [5, 5.41) is 6.04. The van der Waals surface area contributed by atoms with Crippen LogP contribution in [0.4, 0.5) is 10.5 Å².